The molecule has 1 N–H and O–H groups in total. The van der Waals surface area contributed by atoms with Crippen LogP contribution in [0.4, 0.5) is 10.2 Å². The molecule has 1 aliphatic carbocycles. The normalized spacial score (nSPS) is 13.8. The molecule has 1 aliphatic rings. The number of nitrogens with one attached hydrogen (secondary N) is 1. The van der Waals surface area contributed by atoms with Crippen molar-refractivity contribution in [2.24, 2.45) is 0 Å². The summed E-state index contributed by atoms with van der Waals surface area (Å²) < 4.78 is 14.4. The zero-order chi connectivity index (χ0) is 22.1. The van der Waals surface area contributed by atoms with Crippen LogP contribution < -0.4 is 5.32 Å². The fourth-order valence-corrected chi connectivity index (χ4v) is 3.35. The van der Waals surface area contributed by atoms with Gasteiger partial charge < -0.3 is 5.32 Å². The Balaban J connectivity index is 0.00000155. The minimum absolute atomic E-state index is 0.324. The summed E-state index contributed by atoms with van der Waals surface area (Å²) in [6, 6.07) is 4.46. The van der Waals surface area contributed by atoms with Gasteiger partial charge in [-0.25, -0.2) is 14.4 Å². The van der Waals surface area contributed by atoms with Crippen LogP contribution in [0.25, 0.3) is 11.4 Å². The molecule has 0 saturated heterocycles. The lowest BCUT2D eigenvalue weighted by Crippen LogP contribution is -2.08. The second-order valence-corrected chi connectivity index (χ2v) is 7.25. The Labute approximate surface area is 184 Å². The molecule has 1 aromatic heterocycles. The van der Waals surface area contributed by atoms with Gasteiger partial charge in [0.2, 0.25) is 0 Å². The van der Waals surface area contributed by atoms with Crippen molar-refractivity contribution in [2.75, 3.05) is 5.32 Å². The molecule has 0 bridgehead atoms. The molecule has 1 aromatic carbocycles. The number of nitrogens with zero attached hydrogens (tertiary/aromatic N) is 2. The highest BCUT2D eigenvalue weighted by Gasteiger charge is 2.22. The second-order valence-electron chi connectivity index (χ2n) is 6.81. The topological polar surface area (TPSA) is 37.8 Å². The largest absolute Gasteiger partial charge is 0.340 e. The van der Waals surface area contributed by atoms with Crippen LogP contribution in [0.2, 0.25) is 5.02 Å². The number of anilines is 1. The molecule has 0 saturated carbocycles. The predicted molar refractivity (Wildman–Crippen MR) is 126 cm³/mol. The van der Waals surface area contributed by atoms with Crippen LogP contribution in [0.15, 0.2) is 53.8 Å². The van der Waals surface area contributed by atoms with E-state index >= 15 is 0 Å². The molecule has 3 rings (SSSR count). The van der Waals surface area contributed by atoms with E-state index in [9.17, 15) is 4.39 Å². The molecule has 0 fully saturated rings. The first-order valence-electron chi connectivity index (χ1n) is 10.7. The summed E-state index contributed by atoms with van der Waals surface area (Å²) >= 11 is 6.08. The Morgan fingerprint density at radius 3 is 2.70 bits per heavy atom. The number of halogens is 2. The summed E-state index contributed by atoms with van der Waals surface area (Å²) in [5.41, 5.74) is 4.50. The quantitative estimate of drug-likeness (QED) is 0.480. The molecule has 0 radical (unpaired) electrons. The summed E-state index contributed by atoms with van der Waals surface area (Å²) in [5, 5.41) is 3.93. The molecule has 160 valence electrons. The van der Waals surface area contributed by atoms with Crippen molar-refractivity contribution in [2.45, 2.75) is 60.3 Å². The molecule has 0 spiro atoms. The minimum atomic E-state index is -0.375. The van der Waals surface area contributed by atoms with E-state index in [2.05, 4.69) is 41.3 Å². The van der Waals surface area contributed by atoms with Gasteiger partial charge in [-0.1, -0.05) is 50.6 Å². The Morgan fingerprint density at radius 1 is 1.23 bits per heavy atom. The number of aromatic nitrogens is 2. The van der Waals surface area contributed by atoms with Gasteiger partial charge in [0.05, 0.1) is 5.56 Å². The van der Waals surface area contributed by atoms with E-state index in [4.69, 9.17) is 11.6 Å². The monoisotopic (exact) mass is 427 g/mol. The smallest absolute Gasteiger partial charge is 0.164 e. The number of hydrogen-bond acceptors (Lipinski definition) is 3. The predicted octanol–water partition coefficient (Wildman–Crippen LogP) is 7.68. The van der Waals surface area contributed by atoms with Crippen LogP contribution in [-0.2, 0) is 12.8 Å². The maximum absolute atomic E-state index is 14.4. The van der Waals surface area contributed by atoms with E-state index in [-0.39, 0.29) is 5.82 Å². The van der Waals surface area contributed by atoms with Crippen LogP contribution in [0.1, 0.15) is 58.7 Å². The van der Waals surface area contributed by atoms with E-state index in [1.165, 1.54) is 12.1 Å². The third kappa shape index (κ3) is 5.79. The highest BCUT2D eigenvalue weighted by molar-refractivity contribution is 6.30. The number of allylic oxidation sites excluding steroid dienone is 5. The lowest BCUT2D eigenvalue weighted by Gasteiger charge is -2.15. The van der Waals surface area contributed by atoms with Crippen molar-refractivity contribution in [3.63, 3.8) is 0 Å². The molecule has 0 aliphatic heterocycles. The van der Waals surface area contributed by atoms with Crippen LogP contribution in [0.3, 0.4) is 0 Å². The van der Waals surface area contributed by atoms with Gasteiger partial charge in [0.1, 0.15) is 11.6 Å². The van der Waals surface area contributed by atoms with Crippen molar-refractivity contribution in [1.29, 1.82) is 0 Å². The molecule has 0 amide bonds. The van der Waals surface area contributed by atoms with E-state index < -0.39 is 0 Å². The van der Waals surface area contributed by atoms with Gasteiger partial charge in [0.15, 0.2) is 5.82 Å². The zero-order valence-electron chi connectivity index (χ0n) is 18.5. The molecule has 2 aromatic rings. The van der Waals surface area contributed by atoms with Gasteiger partial charge in [-0.3, -0.25) is 0 Å². The summed E-state index contributed by atoms with van der Waals surface area (Å²) in [7, 11) is 0. The van der Waals surface area contributed by atoms with Gasteiger partial charge in [-0.15, -0.1) is 0 Å². The third-order valence-corrected chi connectivity index (χ3v) is 5.08. The Bertz CT molecular complexity index is 961. The first-order chi connectivity index (χ1) is 14.5. The molecule has 0 unspecified atom stereocenters. The molecule has 30 heavy (non-hydrogen) atoms. The van der Waals surface area contributed by atoms with Gasteiger partial charge in [-0.05, 0) is 69.4 Å². The van der Waals surface area contributed by atoms with Crippen molar-refractivity contribution in [1.82, 2.24) is 9.97 Å². The first-order valence-corrected chi connectivity index (χ1v) is 11.0. The van der Waals surface area contributed by atoms with E-state index in [1.807, 2.05) is 32.9 Å². The Morgan fingerprint density at radius 2 is 2.00 bits per heavy atom. The maximum Gasteiger partial charge on any atom is 0.164 e. The van der Waals surface area contributed by atoms with Gasteiger partial charge in [0.25, 0.3) is 0 Å². The lowest BCUT2D eigenvalue weighted by atomic mass is 10.1. The van der Waals surface area contributed by atoms with Gasteiger partial charge in [0, 0.05) is 22.0 Å². The van der Waals surface area contributed by atoms with Gasteiger partial charge in [-0.2, -0.15) is 0 Å². The summed E-state index contributed by atoms with van der Waals surface area (Å²) in [4.78, 5) is 9.32. The van der Waals surface area contributed by atoms with Crippen molar-refractivity contribution in [3.8, 4) is 11.4 Å². The molecular weight excluding hydrogens is 397 g/mol. The fraction of sp³-hybridized carbons (Fsp3) is 0.360. The molecule has 5 heteroatoms. The summed E-state index contributed by atoms with van der Waals surface area (Å²) in [6.07, 6.45) is 12.0. The molecule has 0 atom stereocenters. The number of fused-ring (bicyclic) bond motifs is 1. The Hall–Kier alpha value is -2.46. The third-order valence-electron chi connectivity index (χ3n) is 4.85. The maximum atomic E-state index is 14.4. The van der Waals surface area contributed by atoms with E-state index in [1.54, 1.807) is 6.07 Å². The highest BCUT2D eigenvalue weighted by atomic mass is 35.5. The first kappa shape index (κ1) is 23.8. The summed E-state index contributed by atoms with van der Waals surface area (Å²) in [6.45, 7) is 10.2. The van der Waals surface area contributed by atoms with Crippen LogP contribution in [-0.4, -0.2) is 9.97 Å². The summed E-state index contributed by atoms with van der Waals surface area (Å²) in [5.74, 6) is 0.735. The van der Waals surface area contributed by atoms with E-state index in [0.717, 1.165) is 54.0 Å². The average molecular weight is 428 g/mol. The average Bonchev–Trinajstić information content (AvgIpc) is 3.24. The van der Waals surface area contributed by atoms with Crippen LogP contribution in [0, 0.1) is 5.82 Å². The van der Waals surface area contributed by atoms with Crippen LogP contribution >= 0.6 is 11.6 Å². The fourth-order valence-electron chi connectivity index (χ4n) is 3.18. The van der Waals surface area contributed by atoms with Gasteiger partial charge >= 0.3 is 0 Å². The number of rotatable bonds is 6. The van der Waals surface area contributed by atoms with Crippen molar-refractivity contribution in [3.05, 3.63) is 75.9 Å². The number of benzene rings is 1. The molecular formula is C25H31ClFN3. The zero-order valence-corrected chi connectivity index (χ0v) is 19.3. The molecule has 1 heterocycles. The Kier molecular flexibility index (Phi) is 9.25. The number of aryl methyl sites for hydroxylation is 1. The van der Waals surface area contributed by atoms with Crippen molar-refractivity contribution < 1.29 is 4.39 Å². The van der Waals surface area contributed by atoms with Crippen LogP contribution in [0.5, 0.6) is 0 Å². The SMILES string of the molecule is CC.C\C=C(C)/C(=C\C=C\CC)Nc1nc(-c2cc(Cl)ccc2F)nc2c1CCC2. The highest BCUT2D eigenvalue weighted by Crippen LogP contribution is 2.32. The minimum Gasteiger partial charge on any atom is -0.340 e. The van der Waals surface area contributed by atoms with E-state index in [0.29, 0.717) is 16.4 Å². The molecule has 3 nitrogen and oxygen atoms in total. The standard InChI is InChI=1S/C23H25ClFN3.C2H6/c1-4-6-7-10-20(15(3)5-2)26-22-17-9-8-11-21(17)27-23(28-22)18-14-16(24)12-13-19(18)25;1-2/h5-7,10,12-14H,4,8-9,11H2,1-3H3,(H,26,27,28);1-2H3/b7-6+,15-5-,20-10+;. The lowest BCUT2D eigenvalue weighted by molar-refractivity contribution is 0.630. The number of hydrogen-bond donors (Lipinski definition) is 1. The second kappa shape index (κ2) is 11.7. The van der Waals surface area contributed by atoms with Crippen molar-refractivity contribution >= 4 is 17.4 Å².